The zero-order chi connectivity index (χ0) is 6.97. The van der Waals surface area contributed by atoms with Gasteiger partial charge in [0.25, 0.3) is 0 Å². The largest absolute Gasteiger partial charge is 0.323 e. The molecule has 2 rings (SSSR count). The summed E-state index contributed by atoms with van der Waals surface area (Å²) in [7, 11) is 0. The summed E-state index contributed by atoms with van der Waals surface area (Å²) < 4.78 is 3.38. The van der Waals surface area contributed by atoms with Gasteiger partial charge in [0.2, 0.25) is 0 Å². The first kappa shape index (κ1) is 6.22. The van der Waals surface area contributed by atoms with Gasteiger partial charge in [0.05, 0.1) is 0 Å². The standard InChI is InChI=1S/C8H6IN/c9-7-3-4-8-2-1-5-10(8)6-7/h1-6H. The number of halogens is 1. The van der Waals surface area contributed by atoms with Crippen LogP contribution in [0.15, 0.2) is 36.7 Å². The molecule has 0 spiro atoms. The number of pyridine rings is 1. The monoisotopic (exact) mass is 243 g/mol. The summed E-state index contributed by atoms with van der Waals surface area (Å²) in [6.07, 6.45) is 4.16. The second-order valence-electron chi connectivity index (χ2n) is 2.19. The highest BCUT2D eigenvalue weighted by atomic mass is 127. The molecular formula is C8H6IN. The molecule has 50 valence electrons. The van der Waals surface area contributed by atoms with Crippen LogP contribution in [-0.4, -0.2) is 4.40 Å². The van der Waals surface area contributed by atoms with E-state index >= 15 is 0 Å². The van der Waals surface area contributed by atoms with Crippen LogP contribution in [0.4, 0.5) is 0 Å². The Morgan fingerprint density at radius 1 is 1.20 bits per heavy atom. The minimum atomic E-state index is 1.25. The first-order valence-corrected chi connectivity index (χ1v) is 4.16. The van der Waals surface area contributed by atoms with Gasteiger partial charge in [-0.15, -0.1) is 0 Å². The van der Waals surface area contributed by atoms with Gasteiger partial charge in [0.1, 0.15) is 0 Å². The molecule has 0 bridgehead atoms. The molecule has 0 saturated heterocycles. The maximum absolute atomic E-state index is 2.30. The third-order valence-electron chi connectivity index (χ3n) is 1.49. The van der Waals surface area contributed by atoms with Crippen molar-refractivity contribution in [2.45, 2.75) is 0 Å². The molecule has 10 heavy (non-hydrogen) atoms. The quantitative estimate of drug-likeness (QED) is 0.626. The van der Waals surface area contributed by atoms with Crippen LogP contribution < -0.4 is 0 Å². The van der Waals surface area contributed by atoms with Crippen LogP contribution in [0.1, 0.15) is 0 Å². The third-order valence-corrected chi connectivity index (χ3v) is 2.13. The van der Waals surface area contributed by atoms with Gasteiger partial charge in [-0.1, -0.05) is 0 Å². The predicted molar refractivity (Wildman–Crippen MR) is 50.1 cm³/mol. The van der Waals surface area contributed by atoms with Crippen LogP contribution in [0.5, 0.6) is 0 Å². The SMILES string of the molecule is Ic1ccc2cccn2c1. The summed E-state index contributed by atoms with van der Waals surface area (Å²) in [5.74, 6) is 0. The number of fused-ring (bicyclic) bond motifs is 1. The molecule has 0 N–H and O–H groups in total. The molecule has 0 aromatic carbocycles. The van der Waals surface area contributed by atoms with Crippen molar-refractivity contribution >= 4 is 28.1 Å². The van der Waals surface area contributed by atoms with E-state index in [9.17, 15) is 0 Å². The van der Waals surface area contributed by atoms with Crippen molar-refractivity contribution in [1.82, 2.24) is 4.40 Å². The minimum Gasteiger partial charge on any atom is -0.323 e. The highest BCUT2D eigenvalue weighted by molar-refractivity contribution is 14.1. The molecule has 0 aliphatic carbocycles. The van der Waals surface area contributed by atoms with Crippen LogP contribution >= 0.6 is 22.6 Å². The lowest BCUT2D eigenvalue weighted by Crippen LogP contribution is -1.80. The summed E-state index contributed by atoms with van der Waals surface area (Å²) >= 11 is 2.30. The van der Waals surface area contributed by atoms with Crippen LogP contribution in [-0.2, 0) is 0 Å². The molecule has 2 aromatic heterocycles. The zero-order valence-electron chi connectivity index (χ0n) is 5.29. The van der Waals surface area contributed by atoms with E-state index in [1.807, 2.05) is 6.07 Å². The van der Waals surface area contributed by atoms with Gasteiger partial charge in [0, 0.05) is 21.5 Å². The van der Waals surface area contributed by atoms with Crippen molar-refractivity contribution in [1.29, 1.82) is 0 Å². The lowest BCUT2D eigenvalue weighted by molar-refractivity contribution is 1.19. The molecular weight excluding hydrogens is 237 g/mol. The molecule has 0 saturated carbocycles. The second-order valence-corrected chi connectivity index (χ2v) is 3.43. The molecule has 0 radical (unpaired) electrons. The van der Waals surface area contributed by atoms with Gasteiger partial charge in [0.15, 0.2) is 0 Å². The number of aromatic nitrogens is 1. The number of hydrogen-bond acceptors (Lipinski definition) is 0. The maximum Gasteiger partial charge on any atom is 0.0450 e. The Bertz CT molecular complexity index is 351. The van der Waals surface area contributed by atoms with E-state index in [-0.39, 0.29) is 0 Å². The fourth-order valence-electron chi connectivity index (χ4n) is 1.01. The Hall–Kier alpha value is -0.510. The molecule has 2 aromatic rings. The predicted octanol–water partition coefficient (Wildman–Crippen LogP) is 2.54. The van der Waals surface area contributed by atoms with E-state index in [2.05, 4.69) is 57.6 Å². The average molecular weight is 243 g/mol. The summed E-state index contributed by atoms with van der Waals surface area (Å²) in [5.41, 5.74) is 1.25. The Morgan fingerprint density at radius 3 is 3.00 bits per heavy atom. The normalized spacial score (nSPS) is 10.5. The Labute approximate surface area is 72.8 Å². The Morgan fingerprint density at radius 2 is 2.10 bits per heavy atom. The van der Waals surface area contributed by atoms with Crippen LogP contribution in [0.2, 0.25) is 0 Å². The topological polar surface area (TPSA) is 4.41 Å². The smallest absolute Gasteiger partial charge is 0.0450 e. The molecule has 0 amide bonds. The molecule has 2 heteroatoms. The minimum absolute atomic E-state index is 1.25. The van der Waals surface area contributed by atoms with Gasteiger partial charge in [-0.05, 0) is 46.9 Å². The number of hydrogen-bond donors (Lipinski definition) is 0. The summed E-state index contributed by atoms with van der Waals surface area (Å²) in [4.78, 5) is 0. The average Bonchev–Trinajstić information content (AvgIpc) is 2.33. The van der Waals surface area contributed by atoms with E-state index in [0.29, 0.717) is 0 Å². The molecule has 0 atom stereocenters. The van der Waals surface area contributed by atoms with E-state index in [1.165, 1.54) is 9.09 Å². The maximum atomic E-state index is 2.30. The van der Waals surface area contributed by atoms with Gasteiger partial charge < -0.3 is 4.40 Å². The van der Waals surface area contributed by atoms with Crippen molar-refractivity contribution in [2.24, 2.45) is 0 Å². The van der Waals surface area contributed by atoms with Crippen molar-refractivity contribution in [3.8, 4) is 0 Å². The molecule has 0 unspecified atom stereocenters. The van der Waals surface area contributed by atoms with Gasteiger partial charge >= 0.3 is 0 Å². The highest BCUT2D eigenvalue weighted by Crippen LogP contribution is 2.08. The number of nitrogens with zero attached hydrogens (tertiary/aromatic N) is 1. The molecule has 0 aliphatic rings. The molecule has 1 nitrogen and oxygen atoms in total. The van der Waals surface area contributed by atoms with Gasteiger partial charge in [-0.2, -0.15) is 0 Å². The second kappa shape index (κ2) is 2.27. The molecule has 2 heterocycles. The van der Waals surface area contributed by atoms with E-state index in [4.69, 9.17) is 0 Å². The summed E-state index contributed by atoms with van der Waals surface area (Å²) in [5, 5.41) is 0. The van der Waals surface area contributed by atoms with Crippen molar-refractivity contribution in [2.75, 3.05) is 0 Å². The number of rotatable bonds is 0. The Balaban J connectivity index is 2.86. The van der Waals surface area contributed by atoms with Crippen molar-refractivity contribution in [3.63, 3.8) is 0 Å². The summed E-state index contributed by atoms with van der Waals surface area (Å²) in [6.45, 7) is 0. The van der Waals surface area contributed by atoms with Crippen molar-refractivity contribution < 1.29 is 0 Å². The zero-order valence-corrected chi connectivity index (χ0v) is 7.45. The van der Waals surface area contributed by atoms with E-state index in [0.717, 1.165) is 0 Å². The van der Waals surface area contributed by atoms with Gasteiger partial charge in [-0.25, -0.2) is 0 Å². The molecule has 0 fully saturated rings. The van der Waals surface area contributed by atoms with Gasteiger partial charge in [-0.3, -0.25) is 0 Å². The van der Waals surface area contributed by atoms with E-state index < -0.39 is 0 Å². The first-order chi connectivity index (χ1) is 4.86. The van der Waals surface area contributed by atoms with Crippen LogP contribution in [0.25, 0.3) is 5.52 Å². The summed E-state index contributed by atoms with van der Waals surface area (Å²) in [6, 6.07) is 8.36. The Kier molecular flexibility index (Phi) is 1.41. The fraction of sp³-hybridized carbons (Fsp3) is 0. The highest BCUT2D eigenvalue weighted by Gasteiger charge is 1.89. The van der Waals surface area contributed by atoms with Crippen LogP contribution in [0.3, 0.4) is 0 Å². The van der Waals surface area contributed by atoms with Crippen LogP contribution in [0, 0.1) is 3.57 Å². The fourth-order valence-corrected chi connectivity index (χ4v) is 1.49. The van der Waals surface area contributed by atoms with E-state index in [1.54, 1.807) is 0 Å². The lowest BCUT2D eigenvalue weighted by atomic mass is 10.4. The first-order valence-electron chi connectivity index (χ1n) is 3.08. The lowest BCUT2D eigenvalue weighted by Gasteiger charge is -1.93. The third kappa shape index (κ3) is 0.923. The van der Waals surface area contributed by atoms with Crippen molar-refractivity contribution in [3.05, 3.63) is 40.2 Å². The molecule has 0 aliphatic heterocycles.